The van der Waals surface area contributed by atoms with E-state index in [1.54, 1.807) is 12.5 Å². The molecule has 0 aromatic carbocycles. The van der Waals surface area contributed by atoms with Crippen molar-refractivity contribution >= 4 is 5.69 Å². The second-order valence-electron chi connectivity index (χ2n) is 5.10. The van der Waals surface area contributed by atoms with E-state index in [4.69, 9.17) is 4.42 Å². The van der Waals surface area contributed by atoms with Crippen molar-refractivity contribution < 1.29 is 4.42 Å². The van der Waals surface area contributed by atoms with E-state index in [1.165, 1.54) is 5.57 Å². The molecule has 0 amide bonds. The van der Waals surface area contributed by atoms with Crippen molar-refractivity contribution in [3.63, 3.8) is 0 Å². The van der Waals surface area contributed by atoms with Gasteiger partial charge in [-0.3, -0.25) is 4.98 Å². The third-order valence-electron chi connectivity index (χ3n) is 3.88. The number of anilines is 1. The maximum Gasteiger partial charge on any atom is 0.0996 e. The largest absolute Gasteiger partial charge is 0.472 e. The van der Waals surface area contributed by atoms with Crippen molar-refractivity contribution in [1.29, 1.82) is 0 Å². The molecule has 2 aliphatic rings. The van der Waals surface area contributed by atoms with E-state index < -0.39 is 0 Å². The predicted octanol–water partition coefficient (Wildman–Crippen LogP) is 2.26. The van der Waals surface area contributed by atoms with Crippen LogP contribution in [-0.4, -0.2) is 24.6 Å². The molecule has 96 valence electrons. The Hall–Kier alpha value is -2.07. The number of hydrogen-bond acceptors (Lipinski definition) is 4. The molecule has 4 nitrogen and oxygen atoms in total. The maximum absolute atomic E-state index is 5.08. The Kier molecular flexibility index (Phi) is 2.42. The molecule has 4 rings (SSSR count). The molecule has 2 aromatic rings. The van der Waals surface area contributed by atoms with Crippen LogP contribution in [0.4, 0.5) is 5.69 Å². The van der Waals surface area contributed by atoms with Crippen LogP contribution in [0.15, 0.2) is 53.1 Å². The Bertz CT molecular complexity index is 601. The second kappa shape index (κ2) is 4.24. The highest BCUT2D eigenvalue weighted by Crippen LogP contribution is 2.29. The van der Waals surface area contributed by atoms with E-state index in [9.17, 15) is 0 Å². The maximum atomic E-state index is 5.08. The lowest BCUT2D eigenvalue weighted by Gasteiger charge is -2.17. The van der Waals surface area contributed by atoms with Crippen molar-refractivity contribution in [2.45, 2.75) is 0 Å². The van der Waals surface area contributed by atoms with Gasteiger partial charge in [0.1, 0.15) is 0 Å². The number of fused-ring (bicyclic) bond motifs is 1. The van der Waals surface area contributed by atoms with Gasteiger partial charge in [-0.15, -0.1) is 0 Å². The van der Waals surface area contributed by atoms with Crippen molar-refractivity contribution in [1.82, 2.24) is 10.3 Å². The molecule has 0 spiro atoms. The molecule has 0 radical (unpaired) electrons. The van der Waals surface area contributed by atoms with Crippen LogP contribution in [0.25, 0.3) is 11.3 Å². The topological polar surface area (TPSA) is 41.3 Å². The molecule has 1 N–H and O–H groups in total. The van der Waals surface area contributed by atoms with Crippen LogP contribution < -0.4 is 10.2 Å². The quantitative estimate of drug-likeness (QED) is 0.891. The zero-order chi connectivity index (χ0) is 12.7. The number of hydrogen-bond donors (Lipinski definition) is 1. The van der Waals surface area contributed by atoms with Gasteiger partial charge >= 0.3 is 0 Å². The molecule has 1 unspecified atom stereocenters. The van der Waals surface area contributed by atoms with Crippen molar-refractivity contribution in [3.8, 4) is 11.3 Å². The summed E-state index contributed by atoms with van der Waals surface area (Å²) in [5, 5.41) is 3.40. The fourth-order valence-electron chi connectivity index (χ4n) is 2.81. The van der Waals surface area contributed by atoms with Crippen LogP contribution in [0, 0.1) is 5.92 Å². The fraction of sp³-hybridized carbons (Fsp3) is 0.267. The Morgan fingerprint density at radius 3 is 3.05 bits per heavy atom. The number of pyridine rings is 1. The van der Waals surface area contributed by atoms with E-state index in [2.05, 4.69) is 27.5 Å². The first kappa shape index (κ1) is 10.8. The second-order valence-corrected chi connectivity index (χ2v) is 5.10. The van der Waals surface area contributed by atoms with E-state index >= 15 is 0 Å². The summed E-state index contributed by atoms with van der Waals surface area (Å²) < 4.78 is 5.08. The standard InChI is InChI=1S/C15H15N3O/c1-2-15(11-3-4-19-10-11)17-7-14(1)18-8-12-5-16-6-13(12)9-18/h1-4,7-8,10,13,16H,5-6,9H2. The number of nitrogens with zero attached hydrogens (tertiary/aromatic N) is 2. The minimum Gasteiger partial charge on any atom is -0.472 e. The number of nitrogens with one attached hydrogen (secondary N) is 1. The normalized spacial score (nSPS) is 21.6. The Morgan fingerprint density at radius 2 is 2.32 bits per heavy atom. The van der Waals surface area contributed by atoms with Gasteiger partial charge in [-0.2, -0.15) is 0 Å². The zero-order valence-corrected chi connectivity index (χ0v) is 10.5. The van der Waals surface area contributed by atoms with Gasteiger partial charge in [-0.1, -0.05) is 0 Å². The molecule has 1 fully saturated rings. The van der Waals surface area contributed by atoms with Gasteiger partial charge in [0.2, 0.25) is 0 Å². The van der Waals surface area contributed by atoms with Gasteiger partial charge in [0, 0.05) is 37.3 Å². The molecule has 1 atom stereocenters. The molecule has 0 aliphatic carbocycles. The number of rotatable bonds is 2. The van der Waals surface area contributed by atoms with Gasteiger partial charge in [0.05, 0.1) is 30.1 Å². The SMILES string of the molecule is C1=C2CNCC2CN1c1ccc(-c2ccoc2)nc1. The minimum absolute atomic E-state index is 0.675. The van der Waals surface area contributed by atoms with Crippen LogP contribution in [-0.2, 0) is 0 Å². The first-order chi connectivity index (χ1) is 9.40. The van der Waals surface area contributed by atoms with Crippen LogP contribution in [0.3, 0.4) is 0 Å². The summed E-state index contributed by atoms with van der Waals surface area (Å²) in [5.74, 6) is 0.675. The summed E-state index contributed by atoms with van der Waals surface area (Å²) in [5.41, 5.74) is 4.65. The molecule has 4 heterocycles. The lowest BCUT2D eigenvalue weighted by atomic mass is 10.1. The van der Waals surface area contributed by atoms with E-state index in [-0.39, 0.29) is 0 Å². The van der Waals surface area contributed by atoms with Gasteiger partial charge in [0.25, 0.3) is 0 Å². The van der Waals surface area contributed by atoms with E-state index in [0.717, 1.165) is 36.6 Å². The Labute approximate surface area is 111 Å². The molecule has 2 aromatic heterocycles. The highest BCUT2D eigenvalue weighted by molar-refractivity contribution is 5.61. The molecule has 0 bridgehead atoms. The fourth-order valence-corrected chi connectivity index (χ4v) is 2.81. The van der Waals surface area contributed by atoms with Crippen LogP contribution in [0.5, 0.6) is 0 Å². The highest BCUT2D eigenvalue weighted by atomic mass is 16.3. The third-order valence-corrected chi connectivity index (χ3v) is 3.88. The molecule has 19 heavy (non-hydrogen) atoms. The molecular weight excluding hydrogens is 238 g/mol. The molecule has 1 saturated heterocycles. The zero-order valence-electron chi connectivity index (χ0n) is 10.5. The average Bonchev–Trinajstić information content (AvgIpc) is 3.15. The monoisotopic (exact) mass is 253 g/mol. The summed E-state index contributed by atoms with van der Waals surface area (Å²) in [4.78, 5) is 6.81. The number of aromatic nitrogens is 1. The number of furan rings is 1. The summed E-state index contributed by atoms with van der Waals surface area (Å²) >= 11 is 0. The predicted molar refractivity (Wildman–Crippen MR) is 73.7 cm³/mol. The summed E-state index contributed by atoms with van der Waals surface area (Å²) in [6.07, 6.45) is 7.59. The lowest BCUT2D eigenvalue weighted by molar-refractivity contribution is 0.568. The summed E-state index contributed by atoms with van der Waals surface area (Å²) in [7, 11) is 0. The first-order valence-corrected chi connectivity index (χ1v) is 6.57. The van der Waals surface area contributed by atoms with Crippen molar-refractivity contribution in [2.75, 3.05) is 24.5 Å². The molecule has 2 aliphatic heterocycles. The van der Waals surface area contributed by atoms with Gasteiger partial charge in [-0.05, 0) is 23.8 Å². The van der Waals surface area contributed by atoms with Gasteiger partial charge < -0.3 is 14.6 Å². The molecule has 4 heteroatoms. The van der Waals surface area contributed by atoms with Crippen molar-refractivity contribution in [2.24, 2.45) is 5.92 Å². The van der Waals surface area contributed by atoms with Crippen LogP contribution in [0.2, 0.25) is 0 Å². The van der Waals surface area contributed by atoms with E-state index in [0.29, 0.717) is 5.92 Å². The van der Waals surface area contributed by atoms with Gasteiger partial charge in [-0.25, -0.2) is 0 Å². The average molecular weight is 253 g/mol. The first-order valence-electron chi connectivity index (χ1n) is 6.57. The summed E-state index contributed by atoms with van der Waals surface area (Å²) in [6.45, 7) is 3.19. The molecular formula is C15H15N3O. The van der Waals surface area contributed by atoms with Crippen molar-refractivity contribution in [3.05, 3.63) is 48.7 Å². The van der Waals surface area contributed by atoms with E-state index in [1.807, 2.05) is 18.3 Å². The van der Waals surface area contributed by atoms with Crippen LogP contribution >= 0.6 is 0 Å². The Balaban J connectivity index is 1.58. The smallest absolute Gasteiger partial charge is 0.0996 e. The minimum atomic E-state index is 0.675. The third kappa shape index (κ3) is 1.85. The lowest BCUT2D eigenvalue weighted by Crippen LogP contribution is -2.21. The van der Waals surface area contributed by atoms with Crippen LogP contribution in [0.1, 0.15) is 0 Å². The molecule has 0 saturated carbocycles. The Morgan fingerprint density at radius 1 is 1.32 bits per heavy atom. The highest BCUT2D eigenvalue weighted by Gasteiger charge is 2.28. The van der Waals surface area contributed by atoms with Gasteiger partial charge in [0.15, 0.2) is 0 Å². The summed E-state index contributed by atoms with van der Waals surface area (Å²) in [6, 6.07) is 6.10.